The van der Waals surface area contributed by atoms with Crippen LogP contribution in [0.4, 0.5) is 4.79 Å². The van der Waals surface area contributed by atoms with Gasteiger partial charge in [0.15, 0.2) is 0 Å². The van der Waals surface area contributed by atoms with Gasteiger partial charge in [0.05, 0.1) is 0 Å². The molecule has 9 nitrogen and oxygen atoms in total. The van der Waals surface area contributed by atoms with Crippen LogP contribution in [-0.4, -0.2) is 54.1 Å². The highest BCUT2D eigenvalue weighted by atomic mass is 16.4. The molecule has 0 saturated heterocycles. The molecular formula is C13H25N3O6. The van der Waals surface area contributed by atoms with Crippen molar-refractivity contribution in [1.29, 1.82) is 0 Å². The van der Waals surface area contributed by atoms with E-state index in [2.05, 4.69) is 10.6 Å². The Morgan fingerprint density at radius 3 is 2.32 bits per heavy atom. The average Bonchev–Trinajstić information content (AvgIpc) is 2.48. The van der Waals surface area contributed by atoms with Crippen LogP contribution in [0.5, 0.6) is 0 Å². The number of nitrogens with one attached hydrogen (secondary N) is 2. The van der Waals surface area contributed by atoms with Crippen molar-refractivity contribution in [2.24, 2.45) is 5.73 Å². The molecule has 0 aromatic rings. The first-order valence-corrected chi connectivity index (χ1v) is 6.91. The lowest BCUT2D eigenvalue weighted by Crippen LogP contribution is -2.40. The van der Waals surface area contributed by atoms with Crippen LogP contribution in [0.2, 0.25) is 0 Å². The largest absolute Gasteiger partial charge is 0.480 e. The highest BCUT2D eigenvalue weighted by Gasteiger charge is 2.18. The Labute approximate surface area is 129 Å². The number of aliphatic carboxylic acids is 1. The van der Waals surface area contributed by atoms with Crippen molar-refractivity contribution < 1.29 is 29.4 Å². The van der Waals surface area contributed by atoms with E-state index < -0.39 is 18.0 Å². The van der Waals surface area contributed by atoms with Crippen LogP contribution in [0.25, 0.3) is 0 Å². The van der Waals surface area contributed by atoms with Gasteiger partial charge < -0.3 is 31.4 Å². The molecule has 3 amide bonds. The van der Waals surface area contributed by atoms with E-state index in [4.69, 9.17) is 15.9 Å². The number of carboxylic acids is 1. The number of carboxylic acid groups (broad SMARTS) is 1. The number of aliphatic hydroxyl groups excluding tert-OH is 1. The first kappa shape index (κ1) is 22.1. The van der Waals surface area contributed by atoms with Crippen LogP contribution in [-0.2, 0) is 14.4 Å². The summed E-state index contributed by atoms with van der Waals surface area (Å²) in [5.41, 5.74) is 4.88. The summed E-state index contributed by atoms with van der Waals surface area (Å²) in [5, 5.41) is 20.7. The van der Waals surface area contributed by atoms with Crippen molar-refractivity contribution in [1.82, 2.24) is 10.6 Å². The molecule has 0 radical (unpaired) electrons. The third-order valence-corrected chi connectivity index (χ3v) is 2.59. The van der Waals surface area contributed by atoms with Crippen molar-refractivity contribution >= 4 is 24.2 Å². The summed E-state index contributed by atoms with van der Waals surface area (Å²) in [6.07, 6.45) is 3.02. The number of urea groups is 1. The third-order valence-electron chi connectivity index (χ3n) is 2.59. The molecule has 22 heavy (non-hydrogen) atoms. The predicted octanol–water partition coefficient (Wildman–Crippen LogP) is -0.628. The monoisotopic (exact) mass is 319 g/mol. The number of carbonyl (C=O) groups is 4. The van der Waals surface area contributed by atoms with E-state index >= 15 is 0 Å². The summed E-state index contributed by atoms with van der Waals surface area (Å²) >= 11 is 0. The Morgan fingerprint density at radius 1 is 1.18 bits per heavy atom. The number of nitrogens with two attached hydrogens (primary N) is 1. The lowest BCUT2D eigenvalue weighted by molar-refractivity contribution is -0.142. The molecule has 0 fully saturated rings. The van der Waals surface area contributed by atoms with E-state index in [0.717, 1.165) is 13.5 Å². The fourth-order valence-corrected chi connectivity index (χ4v) is 1.56. The summed E-state index contributed by atoms with van der Waals surface area (Å²) in [6.45, 7) is 0.452. The maximum Gasteiger partial charge on any atom is 0.326 e. The van der Waals surface area contributed by atoms with E-state index in [9.17, 15) is 19.2 Å². The number of unbranched alkanes of at least 4 members (excludes halogenated alkanes) is 2. The van der Waals surface area contributed by atoms with Gasteiger partial charge >= 0.3 is 12.0 Å². The molecule has 0 aromatic heterocycles. The number of carbonyl (C=O) groups excluding carboxylic acids is 3. The minimum atomic E-state index is -1.15. The summed E-state index contributed by atoms with van der Waals surface area (Å²) in [5.74, 6) is -1.50. The molecule has 128 valence electrons. The van der Waals surface area contributed by atoms with E-state index in [1.165, 1.54) is 0 Å². The van der Waals surface area contributed by atoms with Gasteiger partial charge in [0, 0.05) is 26.5 Å². The lowest BCUT2D eigenvalue weighted by atomic mass is 10.1. The smallest absolute Gasteiger partial charge is 0.326 e. The van der Waals surface area contributed by atoms with E-state index in [0.29, 0.717) is 25.7 Å². The quantitative estimate of drug-likeness (QED) is 0.252. The zero-order chi connectivity index (χ0) is 17.4. The predicted molar refractivity (Wildman–Crippen MR) is 79.1 cm³/mol. The third kappa shape index (κ3) is 14.3. The number of aliphatic hydroxyl groups is 1. The summed E-state index contributed by atoms with van der Waals surface area (Å²) < 4.78 is 0. The van der Waals surface area contributed by atoms with Gasteiger partial charge in [-0.3, -0.25) is 4.79 Å². The highest BCUT2D eigenvalue weighted by molar-refractivity contribution is 5.83. The maximum atomic E-state index is 11.5. The van der Waals surface area contributed by atoms with Crippen LogP contribution < -0.4 is 16.4 Å². The SMILES string of the molecule is CO.NC(=O)NCCCCCC(=O)NC(CCC=O)C(=O)O. The molecular weight excluding hydrogens is 294 g/mol. The molecule has 0 spiro atoms. The molecule has 0 aromatic carbocycles. The maximum absolute atomic E-state index is 11.5. The Balaban J connectivity index is 0. The summed E-state index contributed by atoms with van der Waals surface area (Å²) in [7, 11) is 1.00. The Bertz CT molecular complexity index is 349. The van der Waals surface area contributed by atoms with Crippen LogP contribution in [0.1, 0.15) is 38.5 Å². The highest BCUT2D eigenvalue weighted by Crippen LogP contribution is 2.01. The van der Waals surface area contributed by atoms with Gasteiger partial charge in [-0.05, 0) is 19.3 Å². The van der Waals surface area contributed by atoms with Crippen molar-refractivity contribution in [2.75, 3.05) is 13.7 Å². The lowest BCUT2D eigenvalue weighted by Gasteiger charge is -2.13. The number of amides is 3. The van der Waals surface area contributed by atoms with Crippen LogP contribution in [0.15, 0.2) is 0 Å². The first-order valence-electron chi connectivity index (χ1n) is 6.91. The molecule has 6 N–H and O–H groups in total. The van der Waals surface area contributed by atoms with Gasteiger partial charge in [0.1, 0.15) is 12.3 Å². The van der Waals surface area contributed by atoms with Gasteiger partial charge in [-0.1, -0.05) is 6.42 Å². The van der Waals surface area contributed by atoms with Gasteiger partial charge in [-0.2, -0.15) is 0 Å². The zero-order valence-corrected chi connectivity index (χ0v) is 12.7. The topological polar surface area (TPSA) is 159 Å². The summed E-state index contributed by atoms with van der Waals surface area (Å²) in [4.78, 5) is 42.9. The van der Waals surface area contributed by atoms with Crippen molar-refractivity contribution in [3.05, 3.63) is 0 Å². The fraction of sp³-hybridized carbons (Fsp3) is 0.692. The standard InChI is InChI=1S/C12H21N3O5.CH4O/c13-12(20)14-7-3-1-2-6-10(17)15-9(11(18)19)5-4-8-16;1-2/h8-9H,1-7H2,(H,15,17)(H,18,19)(H3,13,14,20);2H,1H3. The van der Waals surface area contributed by atoms with Gasteiger partial charge in [-0.25, -0.2) is 9.59 Å². The van der Waals surface area contributed by atoms with Crippen LogP contribution in [0.3, 0.4) is 0 Å². The Hall–Kier alpha value is -2.16. The minimum Gasteiger partial charge on any atom is -0.480 e. The molecule has 0 aliphatic carbocycles. The molecule has 0 bridgehead atoms. The number of aldehydes is 1. The number of primary amides is 1. The molecule has 1 atom stereocenters. The van der Waals surface area contributed by atoms with Crippen LogP contribution >= 0.6 is 0 Å². The van der Waals surface area contributed by atoms with E-state index in [1.807, 2.05) is 0 Å². The van der Waals surface area contributed by atoms with E-state index in [1.54, 1.807) is 0 Å². The van der Waals surface area contributed by atoms with Crippen molar-refractivity contribution in [3.8, 4) is 0 Å². The molecule has 1 unspecified atom stereocenters. The number of rotatable bonds is 11. The molecule has 9 heteroatoms. The first-order chi connectivity index (χ1) is 10.5. The second kappa shape index (κ2) is 15.2. The average molecular weight is 319 g/mol. The van der Waals surface area contributed by atoms with Crippen molar-refractivity contribution in [3.63, 3.8) is 0 Å². The Morgan fingerprint density at radius 2 is 1.82 bits per heavy atom. The number of hydrogen-bond acceptors (Lipinski definition) is 5. The zero-order valence-electron chi connectivity index (χ0n) is 12.7. The van der Waals surface area contributed by atoms with Crippen LogP contribution in [0, 0.1) is 0 Å². The molecule has 0 aliphatic rings. The van der Waals surface area contributed by atoms with Gasteiger partial charge in [0.25, 0.3) is 0 Å². The normalized spacial score (nSPS) is 10.6. The van der Waals surface area contributed by atoms with E-state index in [-0.39, 0.29) is 25.2 Å². The minimum absolute atomic E-state index is 0.0904. The Kier molecular flexibility index (Phi) is 15.3. The van der Waals surface area contributed by atoms with Gasteiger partial charge in [0.2, 0.25) is 5.91 Å². The molecule has 0 saturated carbocycles. The molecule has 0 aliphatic heterocycles. The van der Waals surface area contributed by atoms with Crippen molar-refractivity contribution in [2.45, 2.75) is 44.6 Å². The molecule has 0 heterocycles. The summed E-state index contributed by atoms with van der Waals surface area (Å²) in [6, 6.07) is -1.61. The second-order valence-electron chi connectivity index (χ2n) is 4.30. The fourth-order valence-electron chi connectivity index (χ4n) is 1.56. The molecule has 0 rings (SSSR count). The number of hydrogen-bond donors (Lipinski definition) is 5. The van der Waals surface area contributed by atoms with Gasteiger partial charge in [-0.15, -0.1) is 0 Å². The second-order valence-corrected chi connectivity index (χ2v) is 4.30.